The molecule has 1 atom stereocenters. The largest absolute Gasteiger partial charge is 0.393 e. The molecule has 1 amide bonds. The third-order valence-corrected chi connectivity index (χ3v) is 3.20. The molecule has 2 N–H and O–H groups in total. The predicted molar refractivity (Wildman–Crippen MR) is 74.1 cm³/mol. The molecule has 0 radical (unpaired) electrons. The zero-order valence-electron chi connectivity index (χ0n) is 12.0. The van der Waals surface area contributed by atoms with Gasteiger partial charge in [0.25, 0.3) is 0 Å². The van der Waals surface area contributed by atoms with Gasteiger partial charge in [-0.3, -0.25) is 9.69 Å². The summed E-state index contributed by atoms with van der Waals surface area (Å²) in [6.07, 6.45) is 7.26. The van der Waals surface area contributed by atoms with Gasteiger partial charge < -0.3 is 10.4 Å². The summed E-state index contributed by atoms with van der Waals surface area (Å²) in [5.41, 5.74) is -0.526. The lowest BCUT2D eigenvalue weighted by Crippen LogP contribution is -2.49. The molecule has 0 aliphatic rings. The number of nitrogens with one attached hydrogen (secondary N) is 1. The number of carbonyl (C=O) groups excluding carboxylic acids is 1. The van der Waals surface area contributed by atoms with Crippen LogP contribution in [0.2, 0.25) is 0 Å². The highest BCUT2D eigenvalue weighted by atomic mass is 16.3. The summed E-state index contributed by atoms with van der Waals surface area (Å²) in [5.74, 6) is 2.61. The highest BCUT2D eigenvalue weighted by Gasteiger charge is 2.25. The van der Waals surface area contributed by atoms with E-state index in [-0.39, 0.29) is 12.0 Å². The SMILES string of the molecule is C#CC(CC)(CC)NC(=O)CN(C)CCC(C)O. The van der Waals surface area contributed by atoms with Crippen molar-refractivity contribution < 1.29 is 9.90 Å². The van der Waals surface area contributed by atoms with E-state index >= 15 is 0 Å². The Morgan fingerprint density at radius 1 is 1.50 bits per heavy atom. The minimum Gasteiger partial charge on any atom is -0.393 e. The van der Waals surface area contributed by atoms with E-state index in [4.69, 9.17) is 6.42 Å². The lowest BCUT2D eigenvalue weighted by atomic mass is 9.94. The van der Waals surface area contributed by atoms with Crippen molar-refractivity contribution in [2.45, 2.75) is 51.7 Å². The summed E-state index contributed by atoms with van der Waals surface area (Å²) in [6.45, 7) is 6.68. The van der Waals surface area contributed by atoms with E-state index in [9.17, 15) is 9.90 Å². The second-order valence-corrected chi connectivity index (χ2v) is 4.86. The molecule has 0 aromatic rings. The summed E-state index contributed by atoms with van der Waals surface area (Å²) in [7, 11) is 1.86. The molecule has 0 saturated heterocycles. The normalized spacial score (nSPS) is 13.2. The number of amides is 1. The van der Waals surface area contributed by atoms with E-state index in [1.807, 2.05) is 25.8 Å². The van der Waals surface area contributed by atoms with E-state index < -0.39 is 5.54 Å². The van der Waals surface area contributed by atoms with Crippen LogP contribution in [-0.2, 0) is 4.79 Å². The lowest BCUT2D eigenvalue weighted by Gasteiger charge is -2.28. The molecule has 0 aliphatic carbocycles. The fourth-order valence-corrected chi connectivity index (χ4v) is 1.70. The summed E-state index contributed by atoms with van der Waals surface area (Å²) >= 11 is 0. The summed E-state index contributed by atoms with van der Waals surface area (Å²) in [5, 5.41) is 12.1. The van der Waals surface area contributed by atoms with Crippen LogP contribution in [0.1, 0.15) is 40.0 Å². The third-order valence-electron chi connectivity index (χ3n) is 3.20. The van der Waals surface area contributed by atoms with Gasteiger partial charge in [-0.15, -0.1) is 6.42 Å². The molecule has 0 spiro atoms. The van der Waals surface area contributed by atoms with Crippen LogP contribution in [0.3, 0.4) is 0 Å². The number of hydrogen-bond donors (Lipinski definition) is 2. The van der Waals surface area contributed by atoms with E-state index in [1.54, 1.807) is 6.92 Å². The molecule has 0 aliphatic heterocycles. The smallest absolute Gasteiger partial charge is 0.235 e. The van der Waals surface area contributed by atoms with Crippen LogP contribution in [0.15, 0.2) is 0 Å². The average Bonchev–Trinajstić information content (AvgIpc) is 2.33. The molecule has 0 fully saturated rings. The Morgan fingerprint density at radius 2 is 2.06 bits per heavy atom. The van der Waals surface area contributed by atoms with Crippen molar-refractivity contribution in [2.75, 3.05) is 20.1 Å². The third kappa shape index (κ3) is 6.04. The van der Waals surface area contributed by atoms with E-state index in [1.165, 1.54) is 0 Å². The first kappa shape index (κ1) is 16.9. The number of aliphatic hydroxyl groups is 1. The van der Waals surface area contributed by atoms with Gasteiger partial charge in [0.1, 0.15) is 5.54 Å². The second-order valence-electron chi connectivity index (χ2n) is 4.86. The van der Waals surface area contributed by atoms with Crippen LogP contribution in [0.5, 0.6) is 0 Å². The second kappa shape index (κ2) is 8.12. The molecule has 104 valence electrons. The zero-order valence-corrected chi connectivity index (χ0v) is 12.0. The number of nitrogens with zero attached hydrogens (tertiary/aromatic N) is 1. The summed E-state index contributed by atoms with van der Waals surface area (Å²) in [6, 6.07) is 0. The lowest BCUT2D eigenvalue weighted by molar-refractivity contribution is -0.123. The van der Waals surface area contributed by atoms with Gasteiger partial charge in [-0.1, -0.05) is 19.8 Å². The van der Waals surface area contributed by atoms with Crippen molar-refractivity contribution in [3.05, 3.63) is 0 Å². The molecule has 0 heterocycles. The number of hydrogen-bond acceptors (Lipinski definition) is 3. The number of likely N-dealkylation sites (N-methyl/N-ethyl adjacent to an activating group) is 1. The highest BCUT2D eigenvalue weighted by Crippen LogP contribution is 2.13. The number of rotatable bonds is 8. The van der Waals surface area contributed by atoms with Crippen LogP contribution < -0.4 is 5.32 Å². The molecular formula is C14H26N2O2. The molecule has 4 heteroatoms. The highest BCUT2D eigenvalue weighted by molar-refractivity contribution is 5.79. The topological polar surface area (TPSA) is 52.6 Å². The van der Waals surface area contributed by atoms with Gasteiger partial charge in [0, 0.05) is 6.54 Å². The molecule has 0 aromatic carbocycles. The van der Waals surface area contributed by atoms with Gasteiger partial charge in [0.2, 0.25) is 5.91 Å². The molecular weight excluding hydrogens is 228 g/mol. The van der Waals surface area contributed by atoms with Gasteiger partial charge in [0.15, 0.2) is 0 Å². The molecule has 0 rings (SSSR count). The van der Waals surface area contributed by atoms with Crippen molar-refractivity contribution in [1.82, 2.24) is 10.2 Å². The Bertz CT molecular complexity index is 291. The fourth-order valence-electron chi connectivity index (χ4n) is 1.70. The first-order valence-corrected chi connectivity index (χ1v) is 6.54. The van der Waals surface area contributed by atoms with Crippen molar-refractivity contribution in [3.63, 3.8) is 0 Å². The maximum atomic E-state index is 11.9. The maximum Gasteiger partial charge on any atom is 0.235 e. The minimum absolute atomic E-state index is 0.0651. The first-order valence-electron chi connectivity index (χ1n) is 6.54. The Morgan fingerprint density at radius 3 is 2.44 bits per heavy atom. The summed E-state index contributed by atoms with van der Waals surface area (Å²) in [4.78, 5) is 13.8. The minimum atomic E-state index is -0.526. The fraction of sp³-hybridized carbons (Fsp3) is 0.786. The Hall–Kier alpha value is -1.05. The molecule has 1 unspecified atom stereocenters. The van der Waals surface area contributed by atoms with E-state index in [2.05, 4.69) is 11.2 Å². The van der Waals surface area contributed by atoms with Gasteiger partial charge >= 0.3 is 0 Å². The Labute approximate surface area is 111 Å². The van der Waals surface area contributed by atoms with Crippen molar-refractivity contribution in [3.8, 4) is 12.3 Å². The Kier molecular flexibility index (Phi) is 7.65. The van der Waals surface area contributed by atoms with Crippen LogP contribution >= 0.6 is 0 Å². The van der Waals surface area contributed by atoms with Gasteiger partial charge in [-0.25, -0.2) is 0 Å². The van der Waals surface area contributed by atoms with Crippen LogP contribution in [0.25, 0.3) is 0 Å². The monoisotopic (exact) mass is 254 g/mol. The van der Waals surface area contributed by atoms with E-state index in [0.29, 0.717) is 19.5 Å². The summed E-state index contributed by atoms with van der Waals surface area (Å²) < 4.78 is 0. The Balaban J connectivity index is 4.22. The van der Waals surface area contributed by atoms with Crippen LogP contribution in [0.4, 0.5) is 0 Å². The maximum absolute atomic E-state index is 11.9. The van der Waals surface area contributed by atoms with Gasteiger partial charge in [-0.05, 0) is 33.2 Å². The molecule has 0 bridgehead atoms. The number of carbonyl (C=O) groups is 1. The molecule has 4 nitrogen and oxygen atoms in total. The van der Waals surface area contributed by atoms with Crippen LogP contribution in [0, 0.1) is 12.3 Å². The van der Waals surface area contributed by atoms with Gasteiger partial charge in [0.05, 0.1) is 12.6 Å². The number of aliphatic hydroxyl groups excluding tert-OH is 1. The molecule has 0 saturated carbocycles. The molecule has 18 heavy (non-hydrogen) atoms. The first-order chi connectivity index (χ1) is 8.39. The van der Waals surface area contributed by atoms with E-state index in [0.717, 1.165) is 12.8 Å². The average molecular weight is 254 g/mol. The van der Waals surface area contributed by atoms with Crippen molar-refractivity contribution >= 4 is 5.91 Å². The van der Waals surface area contributed by atoms with Crippen molar-refractivity contribution in [2.24, 2.45) is 0 Å². The zero-order chi connectivity index (χ0) is 14.2. The van der Waals surface area contributed by atoms with Gasteiger partial charge in [-0.2, -0.15) is 0 Å². The standard InChI is InChI=1S/C14H26N2O2/c1-6-14(7-2,8-3)15-13(18)11-16(5)10-9-12(4)17/h1,12,17H,7-11H2,2-5H3,(H,15,18). The number of terminal acetylenes is 1. The van der Waals surface area contributed by atoms with Crippen LogP contribution in [-0.4, -0.2) is 47.7 Å². The quantitative estimate of drug-likeness (QED) is 0.635. The predicted octanol–water partition coefficient (Wildman–Crippen LogP) is 0.997. The molecule has 0 aromatic heterocycles. The van der Waals surface area contributed by atoms with Crippen molar-refractivity contribution in [1.29, 1.82) is 0 Å².